The molecule has 2 aliphatic rings. The van der Waals surface area contributed by atoms with Crippen molar-refractivity contribution in [2.45, 2.75) is 69.2 Å². The molecule has 2 fully saturated rings. The first-order valence-corrected chi connectivity index (χ1v) is 15.0. The van der Waals surface area contributed by atoms with Gasteiger partial charge in [-0.2, -0.15) is 0 Å². The molecule has 200 valence electrons. The van der Waals surface area contributed by atoms with Crippen molar-refractivity contribution in [2.24, 2.45) is 0 Å². The van der Waals surface area contributed by atoms with E-state index >= 15 is 0 Å². The number of carbonyl (C=O) groups is 3. The van der Waals surface area contributed by atoms with Gasteiger partial charge >= 0.3 is 12.1 Å². The van der Waals surface area contributed by atoms with Gasteiger partial charge in [-0.1, -0.05) is 34.6 Å². The zero-order valence-electron chi connectivity index (χ0n) is 21.0. The van der Waals surface area contributed by atoms with Crippen LogP contribution in [0.2, 0.25) is 0 Å². The van der Waals surface area contributed by atoms with Crippen LogP contribution in [0.5, 0.6) is 0 Å². The normalized spacial score (nSPS) is 21.5. The standard InChI is InChI=1S/C25H33N5O5S2/c1-3-21(31)30-14-18(9-8-17(30)2)28-23-20-10-12-29(24(20)27-15-26-23)25(33)35-16-34-22(32)7-5-4-6-19-11-13-36-37-19/h3,10,12,15,17-19H,1,4-9,11,13-14,16H2,2H3,(H,26,27,28)/t17-,18+,19+/m0/s1. The van der Waals surface area contributed by atoms with E-state index in [0.717, 1.165) is 32.1 Å². The summed E-state index contributed by atoms with van der Waals surface area (Å²) in [7, 11) is 3.86. The molecule has 4 heterocycles. The Morgan fingerprint density at radius 1 is 1.22 bits per heavy atom. The average molecular weight is 548 g/mol. The van der Waals surface area contributed by atoms with Crippen LogP contribution >= 0.6 is 21.6 Å². The van der Waals surface area contributed by atoms with Crippen molar-refractivity contribution in [2.75, 3.05) is 24.4 Å². The van der Waals surface area contributed by atoms with Crippen LogP contribution in [0, 0.1) is 0 Å². The van der Waals surface area contributed by atoms with Gasteiger partial charge in [0.1, 0.15) is 12.1 Å². The van der Waals surface area contributed by atoms with Crippen molar-refractivity contribution in [3.8, 4) is 0 Å². The van der Waals surface area contributed by atoms with Crippen LogP contribution in [0.25, 0.3) is 11.0 Å². The summed E-state index contributed by atoms with van der Waals surface area (Å²) in [6.07, 6.45) is 9.71. The van der Waals surface area contributed by atoms with Gasteiger partial charge in [0.15, 0.2) is 5.65 Å². The lowest BCUT2D eigenvalue weighted by Gasteiger charge is -2.38. The topological polar surface area (TPSA) is 116 Å². The van der Waals surface area contributed by atoms with Crippen molar-refractivity contribution in [3.63, 3.8) is 0 Å². The number of nitrogens with zero attached hydrogens (tertiary/aromatic N) is 4. The number of amides is 1. The summed E-state index contributed by atoms with van der Waals surface area (Å²) >= 11 is 0. The maximum atomic E-state index is 12.6. The van der Waals surface area contributed by atoms with Crippen LogP contribution in [0.1, 0.15) is 51.9 Å². The zero-order chi connectivity index (χ0) is 26.2. The van der Waals surface area contributed by atoms with Gasteiger partial charge in [-0.25, -0.2) is 19.3 Å². The van der Waals surface area contributed by atoms with Gasteiger partial charge in [-0.3, -0.25) is 9.59 Å². The number of carbonyl (C=O) groups excluding carboxylic acids is 3. The molecule has 1 N–H and O–H groups in total. The average Bonchev–Trinajstić information content (AvgIpc) is 3.58. The van der Waals surface area contributed by atoms with Crippen molar-refractivity contribution in [3.05, 3.63) is 31.2 Å². The van der Waals surface area contributed by atoms with Crippen LogP contribution in [0.15, 0.2) is 31.2 Å². The maximum Gasteiger partial charge on any atom is 0.422 e. The highest BCUT2D eigenvalue weighted by Crippen LogP contribution is 2.39. The van der Waals surface area contributed by atoms with Crippen LogP contribution in [-0.2, 0) is 19.1 Å². The summed E-state index contributed by atoms with van der Waals surface area (Å²) in [6.45, 7) is 5.70. The first-order valence-electron chi connectivity index (χ1n) is 12.6. The Morgan fingerprint density at radius 3 is 2.86 bits per heavy atom. The lowest BCUT2D eigenvalue weighted by atomic mass is 9.99. The molecule has 0 unspecified atom stereocenters. The Kier molecular flexibility index (Phi) is 9.73. The minimum Gasteiger partial charge on any atom is -0.428 e. The predicted molar refractivity (Wildman–Crippen MR) is 145 cm³/mol. The monoisotopic (exact) mass is 547 g/mol. The Labute approximate surface area is 224 Å². The van der Waals surface area contributed by atoms with E-state index in [2.05, 4.69) is 21.9 Å². The van der Waals surface area contributed by atoms with Gasteiger partial charge in [0.2, 0.25) is 12.7 Å². The molecule has 12 heteroatoms. The summed E-state index contributed by atoms with van der Waals surface area (Å²) in [5.74, 6) is 1.31. The molecule has 4 rings (SSSR count). The Bertz CT molecular complexity index is 1120. The number of hydrogen-bond acceptors (Lipinski definition) is 10. The molecular formula is C25H33N5O5S2. The molecule has 37 heavy (non-hydrogen) atoms. The van der Waals surface area contributed by atoms with E-state index in [-0.39, 0.29) is 24.0 Å². The second kappa shape index (κ2) is 13.2. The van der Waals surface area contributed by atoms with E-state index in [0.29, 0.717) is 35.1 Å². The van der Waals surface area contributed by atoms with E-state index < -0.39 is 12.9 Å². The predicted octanol–water partition coefficient (Wildman–Crippen LogP) is 4.61. The summed E-state index contributed by atoms with van der Waals surface area (Å²) in [5.41, 5.74) is 0.375. The molecule has 2 saturated heterocycles. The molecule has 2 aromatic rings. The number of nitrogens with one attached hydrogen (secondary N) is 1. The summed E-state index contributed by atoms with van der Waals surface area (Å²) in [6, 6.07) is 1.88. The first kappa shape index (κ1) is 27.3. The van der Waals surface area contributed by atoms with Crippen LogP contribution in [0.3, 0.4) is 0 Å². The fourth-order valence-corrected chi connectivity index (χ4v) is 7.58. The largest absolute Gasteiger partial charge is 0.428 e. The molecule has 0 bridgehead atoms. The molecule has 0 saturated carbocycles. The Balaban J connectivity index is 1.26. The highest BCUT2D eigenvalue weighted by atomic mass is 33.1. The first-order chi connectivity index (χ1) is 18.0. The van der Waals surface area contributed by atoms with E-state index in [1.54, 1.807) is 17.2 Å². The van der Waals surface area contributed by atoms with Gasteiger partial charge in [-0.05, 0) is 51.2 Å². The molecule has 0 radical (unpaired) electrons. The number of piperidine rings is 1. The summed E-state index contributed by atoms with van der Waals surface area (Å²) < 4.78 is 11.5. The lowest BCUT2D eigenvalue weighted by Crippen LogP contribution is -2.49. The molecule has 0 aromatic carbocycles. The van der Waals surface area contributed by atoms with Gasteiger partial charge in [0.25, 0.3) is 0 Å². The number of esters is 1. The Morgan fingerprint density at radius 2 is 2.08 bits per heavy atom. The van der Waals surface area contributed by atoms with Crippen molar-refractivity contribution in [1.82, 2.24) is 19.4 Å². The highest BCUT2D eigenvalue weighted by Gasteiger charge is 2.28. The van der Waals surface area contributed by atoms with Crippen molar-refractivity contribution < 1.29 is 23.9 Å². The number of anilines is 1. The second-order valence-corrected chi connectivity index (χ2v) is 12.0. The summed E-state index contributed by atoms with van der Waals surface area (Å²) in [5, 5.41) is 4.73. The maximum absolute atomic E-state index is 12.6. The fourth-order valence-electron chi connectivity index (χ4n) is 4.55. The number of hydrogen-bond donors (Lipinski definition) is 1. The highest BCUT2D eigenvalue weighted by molar-refractivity contribution is 8.77. The Hall–Kier alpha value is -2.73. The molecular weight excluding hydrogens is 514 g/mol. The van der Waals surface area contributed by atoms with Gasteiger partial charge in [0.05, 0.1) is 5.39 Å². The van der Waals surface area contributed by atoms with Crippen molar-refractivity contribution >= 4 is 56.4 Å². The number of fused-ring (bicyclic) bond motifs is 1. The number of likely N-dealkylation sites (tertiary alicyclic amines) is 1. The van der Waals surface area contributed by atoms with E-state index in [1.165, 1.54) is 29.1 Å². The molecule has 2 aliphatic heterocycles. The van der Waals surface area contributed by atoms with Crippen LogP contribution < -0.4 is 5.32 Å². The number of unbranched alkanes of at least 4 members (excludes halogenated alkanes) is 1. The molecule has 3 atom stereocenters. The molecule has 2 aromatic heterocycles. The minimum absolute atomic E-state index is 0.00345. The molecule has 1 amide bonds. The lowest BCUT2D eigenvalue weighted by molar-refractivity contribution is -0.151. The minimum atomic E-state index is -0.697. The third kappa shape index (κ3) is 7.19. The fraction of sp³-hybridized carbons (Fsp3) is 0.560. The number of aromatic nitrogens is 3. The third-order valence-electron chi connectivity index (χ3n) is 6.65. The molecule has 0 aliphatic carbocycles. The van der Waals surface area contributed by atoms with Crippen LogP contribution in [-0.4, -0.2) is 73.8 Å². The van der Waals surface area contributed by atoms with Crippen molar-refractivity contribution in [1.29, 1.82) is 0 Å². The number of rotatable bonds is 10. The van der Waals surface area contributed by atoms with Crippen LogP contribution in [0.4, 0.5) is 10.6 Å². The number of ether oxygens (including phenoxy) is 2. The second-order valence-electron chi connectivity index (χ2n) is 9.23. The zero-order valence-corrected chi connectivity index (χ0v) is 22.6. The van der Waals surface area contributed by atoms with E-state index in [4.69, 9.17) is 9.47 Å². The molecule has 0 spiro atoms. The van der Waals surface area contributed by atoms with E-state index in [1.807, 2.05) is 28.5 Å². The van der Waals surface area contributed by atoms with Gasteiger partial charge in [0, 0.05) is 42.2 Å². The van der Waals surface area contributed by atoms with Gasteiger partial charge in [-0.15, -0.1) is 0 Å². The van der Waals surface area contributed by atoms with Gasteiger partial charge < -0.3 is 19.7 Å². The smallest absolute Gasteiger partial charge is 0.422 e. The van der Waals surface area contributed by atoms with E-state index in [9.17, 15) is 14.4 Å². The quantitative estimate of drug-likeness (QED) is 0.149. The summed E-state index contributed by atoms with van der Waals surface area (Å²) in [4.78, 5) is 47.1. The SMILES string of the molecule is C=CC(=O)N1C[C@H](Nc2ncnc3c2ccn3C(=O)OCOC(=O)CCCC[C@@H]2CCSS2)CC[C@@H]1C. The molecule has 10 nitrogen and oxygen atoms in total. The third-order valence-corrected chi connectivity index (χ3v) is 9.65.